The van der Waals surface area contributed by atoms with Gasteiger partial charge in [-0.15, -0.1) is 0 Å². The summed E-state index contributed by atoms with van der Waals surface area (Å²) in [5.41, 5.74) is 2.80. The standard InChI is InChI=1S/C19H16Cl2N4O/c1-2-12-5-3-4-6-16(12)24-18(26)13-10-22-19(23-11-13)25-17-9-14(20)7-8-15(17)21/h3-11H,2H2,1H3,(H,24,26)(H,22,23,25). The maximum atomic E-state index is 12.4. The van der Waals surface area contributed by atoms with Crippen LogP contribution in [0.4, 0.5) is 17.3 Å². The lowest BCUT2D eigenvalue weighted by molar-refractivity contribution is 0.102. The fourth-order valence-corrected chi connectivity index (χ4v) is 2.71. The molecule has 26 heavy (non-hydrogen) atoms. The van der Waals surface area contributed by atoms with Gasteiger partial charge in [-0.2, -0.15) is 0 Å². The second kappa shape index (κ2) is 8.17. The third-order valence-electron chi connectivity index (χ3n) is 3.74. The number of carbonyl (C=O) groups excluding carboxylic acids is 1. The Morgan fingerprint density at radius 1 is 1.04 bits per heavy atom. The van der Waals surface area contributed by atoms with Crippen molar-refractivity contribution in [2.24, 2.45) is 0 Å². The number of anilines is 3. The number of para-hydroxylation sites is 1. The van der Waals surface area contributed by atoms with Crippen LogP contribution in [0.5, 0.6) is 0 Å². The quantitative estimate of drug-likeness (QED) is 0.620. The second-order valence-electron chi connectivity index (χ2n) is 5.51. The molecular formula is C19H16Cl2N4O. The molecule has 3 rings (SSSR count). The van der Waals surface area contributed by atoms with E-state index in [0.29, 0.717) is 27.2 Å². The van der Waals surface area contributed by atoms with Crippen molar-refractivity contribution in [1.29, 1.82) is 0 Å². The van der Waals surface area contributed by atoms with Crippen molar-refractivity contribution in [2.45, 2.75) is 13.3 Å². The van der Waals surface area contributed by atoms with E-state index in [1.54, 1.807) is 18.2 Å². The molecule has 0 radical (unpaired) electrons. The van der Waals surface area contributed by atoms with Gasteiger partial charge in [0.1, 0.15) is 0 Å². The van der Waals surface area contributed by atoms with Crippen LogP contribution in [0.2, 0.25) is 10.0 Å². The van der Waals surface area contributed by atoms with Crippen molar-refractivity contribution in [3.63, 3.8) is 0 Å². The Balaban J connectivity index is 1.73. The number of nitrogens with zero attached hydrogens (tertiary/aromatic N) is 2. The van der Waals surface area contributed by atoms with Crippen LogP contribution in [0.1, 0.15) is 22.8 Å². The van der Waals surface area contributed by atoms with Crippen molar-refractivity contribution in [3.8, 4) is 0 Å². The monoisotopic (exact) mass is 386 g/mol. The average Bonchev–Trinajstić information content (AvgIpc) is 2.65. The minimum Gasteiger partial charge on any atom is -0.323 e. The molecule has 1 aromatic heterocycles. The van der Waals surface area contributed by atoms with Crippen LogP contribution in [0, 0.1) is 0 Å². The van der Waals surface area contributed by atoms with Gasteiger partial charge in [0, 0.05) is 23.1 Å². The van der Waals surface area contributed by atoms with Gasteiger partial charge in [0.25, 0.3) is 5.91 Å². The Morgan fingerprint density at radius 3 is 2.50 bits per heavy atom. The Morgan fingerprint density at radius 2 is 1.77 bits per heavy atom. The molecular weight excluding hydrogens is 371 g/mol. The van der Waals surface area contributed by atoms with Crippen molar-refractivity contribution in [3.05, 3.63) is 76.0 Å². The van der Waals surface area contributed by atoms with Gasteiger partial charge in [-0.3, -0.25) is 4.79 Å². The maximum absolute atomic E-state index is 12.4. The summed E-state index contributed by atoms with van der Waals surface area (Å²) in [6.45, 7) is 2.04. The smallest absolute Gasteiger partial charge is 0.258 e. The summed E-state index contributed by atoms with van der Waals surface area (Å²) in [6.07, 6.45) is 3.74. The SMILES string of the molecule is CCc1ccccc1NC(=O)c1cnc(Nc2cc(Cl)ccc2Cl)nc1. The number of aromatic nitrogens is 2. The largest absolute Gasteiger partial charge is 0.323 e. The molecule has 2 N–H and O–H groups in total. The molecule has 5 nitrogen and oxygen atoms in total. The number of benzene rings is 2. The van der Waals surface area contributed by atoms with E-state index in [1.807, 2.05) is 31.2 Å². The zero-order valence-electron chi connectivity index (χ0n) is 14.0. The summed E-state index contributed by atoms with van der Waals surface area (Å²) in [6, 6.07) is 12.7. The molecule has 0 atom stereocenters. The minimum atomic E-state index is -0.266. The lowest BCUT2D eigenvalue weighted by atomic mass is 10.1. The van der Waals surface area contributed by atoms with Gasteiger partial charge in [-0.1, -0.05) is 48.3 Å². The summed E-state index contributed by atoms with van der Waals surface area (Å²) >= 11 is 12.1. The zero-order chi connectivity index (χ0) is 18.5. The number of carbonyl (C=O) groups is 1. The highest BCUT2D eigenvalue weighted by Crippen LogP contribution is 2.27. The van der Waals surface area contributed by atoms with Gasteiger partial charge in [-0.05, 0) is 36.2 Å². The molecule has 1 amide bonds. The molecule has 7 heteroatoms. The first-order valence-electron chi connectivity index (χ1n) is 8.00. The van der Waals surface area contributed by atoms with Crippen LogP contribution in [-0.4, -0.2) is 15.9 Å². The van der Waals surface area contributed by atoms with Crippen LogP contribution in [-0.2, 0) is 6.42 Å². The third-order valence-corrected chi connectivity index (χ3v) is 4.30. The maximum Gasteiger partial charge on any atom is 0.258 e. The molecule has 0 fully saturated rings. The van der Waals surface area contributed by atoms with Crippen LogP contribution >= 0.6 is 23.2 Å². The van der Waals surface area contributed by atoms with Crippen molar-refractivity contribution in [2.75, 3.05) is 10.6 Å². The lowest BCUT2D eigenvalue weighted by Crippen LogP contribution is -2.14. The lowest BCUT2D eigenvalue weighted by Gasteiger charge is -2.10. The van der Waals surface area contributed by atoms with Gasteiger partial charge in [0.2, 0.25) is 5.95 Å². The summed E-state index contributed by atoms with van der Waals surface area (Å²) in [4.78, 5) is 20.7. The number of halogens is 2. The van der Waals surface area contributed by atoms with E-state index in [9.17, 15) is 4.79 Å². The van der Waals surface area contributed by atoms with E-state index in [-0.39, 0.29) is 5.91 Å². The molecule has 0 spiro atoms. The topological polar surface area (TPSA) is 66.9 Å². The molecule has 3 aromatic rings. The highest BCUT2D eigenvalue weighted by atomic mass is 35.5. The number of aryl methyl sites for hydroxylation is 1. The summed E-state index contributed by atoms with van der Waals surface area (Å²) < 4.78 is 0. The Labute approximate surface area is 161 Å². The van der Waals surface area contributed by atoms with Crippen LogP contribution < -0.4 is 10.6 Å². The molecule has 0 unspecified atom stereocenters. The predicted octanol–water partition coefficient (Wildman–Crippen LogP) is 5.34. The average molecular weight is 387 g/mol. The first kappa shape index (κ1) is 18.2. The number of nitrogens with one attached hydrogen (secondary N) is 2. The Hall–Kier alpha value is -2.63. The number of amides is 1. The van der Waals surface area contributed by atoms with E-state index >= 15 is 0 Å². The first-order valence-corrected chi connectivity index (χ1v) is 8.76. The van der Waals surface area contributed by atoms with Gasteiger partial charge < -0.3 is 10.6 Å². The van der Waals surface area contributed by atoms with Crippen molar-refractivity contribution in [1.82, 2.24) is 9.97 Å². The van der Waals surface area contributed by atoms with Crippen LogP contribution in [0.25, 0.3) is 0 Å². The highest BCUT2D eigenvalue weighted by Gasteiger charge is 2.10. The molecule has 0 aliphatic rings. The molecule has 1 heterocycles. The molecule has 0 bridgehead atoms. The molecule has 0 aliphatic heterocycles. The van der Waals surface area contributed by atoms with Gasteiger partial charge >= 0.3 is 0 Å². The normalized spacial score (nSPS) is 10.4. The van der Waals surface area contributed by atoms with Gasteiger partial charge in [0.05, 0.1) is 16.3 Å². The predicted molar refractivity (Wildman–Crippen MR) is 106 cm³/mol. The van der Waals surface area contributed by atoms with E-state index in [4.69, 9.17) is 23.2 Å². The third kappa shape index (κ3) is 4.31. The second-order valence-corrected chi connectivity index (χ2v) is 6.35. The van der Waals surface area contributed by atoms with Crippen LogP contribution in [0.15, 0.2) is 54.9 Å². The highest BCUT2D eigenvalue weighted by molar-refractivity contribution is 6.35. The number of hydrogen-bond acceptors (Lipinski definition) is 4. The molecule has 0 saturated carbocycles. The summed E-state index contributed by atoms with van der Waals surface area (Å²) in [5.74, 6) is 0.0536. The van der Waals surface area contributed by atoms with E-state index in [0.717, 1.165) is 17.7 Å². The van der Waals surface area contributed by atoms with E-state index < -0.39 is 0 Å². The Bertz CT molecular complexity index is 929. The molecule has 0 saturated heterocycles. The molecule has 2 aromatic carbocycles. The Kier molecular flexibility index (Phi) is 5.71. The summed E-state index contributed by atoms with van der Waals surface area (Å²) in [5, 5.41) is 6.90. The molecule has 0 aliphatic carbocycles. The number of hydrogen-bond donors (Lipinski definition) is 2. The van der Waals surface area contributed by atoms with Gasteiger partial charge in [-0.25, -0.2) is 9.97 Å². The minimum absolute atomic E-state index is 0.266. The fraction of sp³-hybridized carbons (Fsp3) is 0.105. The molecule has 132 valence electrons. The first-order chi connectivity index (χ1) is 12.6. The summed E-state index contributed by atoms with van der Waals surface area (Å²) in [7, 11) is 0. The fourth-order valence-electron chi connectivity index (χ4n) is 2.37. The van der Waals surface area contributed by atoms with Gasteiger partial charge in [0.15, 0.2) is 0 Å². The zero-order valence-corrected chi connectivity index (χ0v) is 15.5. The van der Waals surface area contributed by atoms with Crippen LogP contribution in [0.3, 0.4) is 0 Å². The van der Waals surface area contributed by atoms with Crippen molar-refractivity contribution < 1.29 is 4.79 Å². The van der Waals surface area contributed by atoms with E-state index in [1.165, 1.54) is 12.4 Å². The van der Waals surface area contributed by atoms with Crippen molar-refractivity contribution >= 4 is 46.4 Å². The van der Waals surface area contributed by atoms with E-state index in [2.05, 4.69) is 20.6 Å². The number of rotatable bonds is 5.